The van der Waals surface area contributed by atoms with Crippen LogP contribution in [0.3, 0.4) is 0 Å². The molecule has 122 valence electrons. The zero-order valence-electron chi connectivity index (χ0n) is 13.4. The van der Waals surface area contributed by atoms with Crippen molar-refractivity contribution in [2.45, 2.75) is 23.7 Å². The van der Waals surface area contributed by atoms with Crippen LogP contribution in [-0.2, 0) is 0 Å². The first-order valence-electron chi connectivity index (χ1n) is 8.37. The van der Waals surface area contributed by atoms with Crippen molar-refractivity contribution >= 4 is 23.5 Å². The number of nitrogens with zero attached hydrogens (tertiary/aromatic N) is 1. The van der Waals surface area contributed by atoms with Gasteiger partial charge in [0.15, 0.2) is 5.78 Å². The quantitative estimate of drug-likeness (QED) is 0.831. The van der Waals surface area contributed by atoms with E-state index in [0.717, 1.165) is 35.7 Å². The minimum absolute atomic E-state index is 0.0625. The highest BCUT2D eigenvalue weighted by Crippen LogP contribution is 2.35. The third kappa shape index (κ3) is 2.75. The Bertz CT molecular complexity index is 787. The number of rotatable bonds is 2. The molecule has 4 heteroatoms. The van der Waals surface area contributed by atoms with Crippen molar-refractivity contribution in [1.29, 1.82) is 0 Å². The van der Waals surface area contributed by atoms with Gasteiger partial charge >= 0.3 is 0 Å². The number of carbonyl (C=O) groups is 2. The van der Waals surface area contributed by atoms with E-state index in [-0.39, 0.29) is 11.7 Å². The molecule has 3 nitrogen and oxygen atoms in total. The predicted octanol–water partition coefficient (Wildman–Crippen LogP) is 3.99. The third-order valence-electron chi connectivity index (χ3n) is 4.87. The molecule has 0 spiro atoms. The van der Waals surface area contributed by atoms with Crippen LogP contribution < -0.4 is 0 Å². The lowest BCUT2D eigenvalue weighted by molar-refractivity contribution is 0.0787. The Morgan fingerprint density at radius 3 is 2.75 bits per heavy atom. The number of Topliss-reactive ketones (excluding diaryl/α,β-unsaturated/α-hetero) is 1. The summed E-state index contributed by atoms with van der Waals surface area (Å²) in [7, 11) is 0. The second-order valence-electron chi connectivity index (χ2n) is 6.35. The Labute approximate surface area is 146 Å². The van der Waals surface area contributed by atoms with Gasteiger partial charge in [0.25, 0.3) is 5.91 Å². The zero-order chi connectivity index (χ0) is 16.5. The van der Waals surface area contributed by atoms with Crippen LogP contribution in [0.1, 0.15) is 45.0 Å². The van der Waals surface area contributed by atoms with E-state index in [1.807, 2.05) is 29.2 Å². The van der Waals surface area contributed by atoms with Crippen molar-refractivity contribution < 1.29 is 9.59 Å². The van der Waals surface area contributed by atoms with E-state index < -0.39 is 0 Å². The Morgan fingerprint density at radius 2 is 1.92 bits per heavy atom. The topological polar surface area (TPSA) is 37.4 Å². The Morgan fingerprint density at radius 1 is 1.08 bits per heavy atom. The first-order valence-corrected chi connectivity index (χ1v) is 9.36. The minimum atomic E-state index is 0.0625. The second kappa shape index (κ2) is 6.44. The number of thioether (sulfide) groups is 1. The molecule has 2 heterocycles. The van der Waals surface area contributed by atoms with Crippen LogP contribution in [0.4, 0.5) is 0 Å². The summed E-state index contributed by atoms with van der Waals surface area (Å²) in [5.41, 5.74) is 2.71. The average molecular weight is 337 g/mol. The van der Waals surface area contributed by atoms with Gasteiger partial charge < -0.3 is 4.90 Å². The Balaban J connectivity index is 1.57. The zero-order valence-corrected chi connectivity index (χ0v) is 14.2. The molecule has 1 amide bonds. The molecule has 2 aliphatic rings. The fraction of sp³-hybridized carbons (Fsp3) is 0.300. The van der Waals surface area contributed by atoms with E-state index in [9.17, 15) is 9.59 Å². The summed E-state index contributed by atoms with van der Waals surface area (Å²) in [4.78, 5) is 27.9. The van der Waals surface area contributed by atoms with E-state index in [4.69, 9.17) is 0 Å². The molecule has 2 aliphatic heterocycles. The standard InChI is InChI=1S/C20H19NO2S/c22-18-10-12-24-19-16(18)7-4-8-17(19)20(23)21-11-9-15(13-21)14-5-2-1-3-6-14/h1-8,15H,9-13H2/t15-/m1/s1. The summed E-state index contributed by atoms with van der Waals surface area (Å²) < 4.78 is 0. The molecule has 0 saturated carbocycles. The van der Waals surface area contributed by atoms with Gasteiger partial charge in [-0.15, -0.1) is 11.8 Å². The second-order valence-corrected chi connectivity index (χ2v) is 7.46. The molecule has 0 radical (unpaired) electrons. The van der Waals surface area contributed by atoms with Gasteiger partial charge in [-0.05, 0) is 18.1 Å². The van der Waals surface area contributed by atoms with Crippen molar-refractivity contribution in [2.24, 2.45) is 0 Å². The van der Waals surface area contributed by atoms with Crippen LogP contribution >= 0.6 is 11.8 Å². The lowest BCUT2D eigenvalue weighted by Crippen LogP contribution is -2.29. The lowest BCUT2D eigenvalue weighted by Gasteiger charge is -2.21. The third-order valence-corrected chi connectivity index (χ3v) is 6.00. The molecule has 0 bridgehead atoms. The molecule has 0 N–H and O–H groups in total. The number of hydrogen-bond donors (Lipinski definition) is 0. The van der Waals surface area contributed by atoms with E-state index in [1.165, 1.54) is 5.56 Å². The van der Waals surface area contributed by atoms with E-state index in [1.54, 1.807) is 11.8 Å². The summed E-state index contributed by atoms with van der Waals surface area (Å²) in [5, 5.41) is 0. The Hall–Kier alpha value is -2.07. The average Bonchev–Trinajstić information content (AvgIpc) is 3.12. The van der Waals surface area contributed by atoms with Crippen molar-refractivity contribution in [3.05, 3.63) is 65.2 Å². The predicted molar refractivity (Wildman–Crippen MR) is 95.8 cm³/mol. The molecule has 0 aromatic heterocycles. The van der Waals surface area contributed by atoms with Gasteiger partial charge in [-0.2, -0.15) is 0 Å². The molecule has 2 aromatic carbocycles. The summed E-state index contributed by atoms with van der Waals surface area (Å²) >= 11 is 1.64. The maximum absolute atomic E-state index is 13.0. The van der Waals surface area contributed by atoms with Gasteiger partial charge in [0.1, 0.15) is 0 Å². The van der Waals surface area contributed by atoms with Crippen molar-refractivity contribution in [2.75, 3.05) is 18.8 Å². The number of hydrogen-bond acceptors (Lipinski definition) is 3. The molecule has 1 atom stereocenters. The minimum Gasteiger partial charge on any atom is -0.338 e. The molecule has 0 aliphatic carbocycles. The Kier molecular flexibility index (Phi) is 4.15. The van der Waals surface area contributed by atoms with Crippen LogP contribution in [0, 0.1) is 0 Å². The highest BCUT2D eigenvalue weighted by Gasteiger charge is 2.30. The first kappa shape index (κ1) is 15.5. The molecule has 4 rings (SSSR count). The van der Waals surface area contributed by atoms with Crippen molar-refractivity contribution in [3.63, 3.8) is 0 Å². The molecule has 1 saturated heterocycles. The number of benzene rings is 2. The summed E-state index contributed by atoms with van der Waals surface area (Å²) in [5.74, 6) is 1.39. The fourth-order valence-electron chi connectivity index (χ4n) is 3.57. The highest BCUT2D eigenvalue weighted by atomic mass is 32.2. The SMILES string of the molecule is O=C1CCSc2c1cccc2C(=O)N1CC[C@@H](c2ccccc2)C1. The van der Waals surface area contributed by atoms with Crippen LogP contribution in [0.2, 0.25) is 0 Å². The van der Waals surface area contributed by atoms with Gasteiger partial charge in [0.05, 0.1) is 5.56 Å². The summed E-state index contributed by atoms with van der Waals surface area (Å²) in [6, 6.07) is 15.9. The monoisotopic (exact) mass is 337 g/mol. The van der Waals surface area contributed by atoms with Crippen LogP contribution in [-0.4, -0.2) is 35.4 Å². The lowest BCUT2D eigenvalue weighted by atomic mass is 9.99. The van der Waals surface area contributed by atoms with Gasteiger partial charge in [-0.3, -0.25) is 9.59 Å². The van der Waals surface area contributed by atoms with Crippen LogP contribution in [0.5, 0.6) is 0 Å². The maximum Gasteiger partial charge on any atom is 0.255 e. The van der Waals surface area contributed by atoms with Gasteiger partial charge in [-0.1, -0.05) is 42.5 Å². The highest BCUT2D eigenvalue weighted by molar-refractivity contribution is 7.99. The number of likely N-dealkylation sites (tertiary alicyclic amines) is 1. The van der Waals surface area contributed by atoms with Crippen molar-refractivity contribution in [3.8, 4) is 0 Å². The number of amides is 1. The summed E-state index contributed by atoms with van der Waals surface area (Å²) in [6.07, 6.45) is 1.56. The molecule has 24 heavy (non-hydrogen) atoms. The molecular weight excluding hydrogens is 318 g/mol. The van der Waals surface area contributed by atoms with Crippen LogP contribution in [0.15, 0.2) is 53.4 Å². The first-order chi connectivity index (χ1) is 11.7. The molecule has 1 fully saturated rings. The summed E-state index contributed by atoms with van der Waals surface area (Å²) in [6.45, 7) is 1.53. The van der Waals surface area contributed by atoms with E-state index in [2.05, 4.69) is 24.3 Å². The largest absolute Gasteiger partial charge is 0.338 e. The smallest absolute Gasteiger partial charge is 0.255 e. The van der Waals surface area contributed by atoms with Crippen LogP contribution in [0.25, 0.3) is 0 Å². The normalized spacial score (nSPS) is 20.1. The van der Waals surface area contributed by atoms with Gasteiger partial charge in [-0.25, -0.2) is 0 Å². The number of ketones is 1. The molecule has 2 aromatic rings. The van der Waals surface area contributed by atoms with Gasteiger partial charge in [0.2, 0.25) is 0 Å². The number of fused-ring (bicyclic) bond motifs is 1. The van der Waals surface area contributed by atoms with E-state index >= 15 is 0 Å². The molecule has 0 unspecified atom stereocenters. The van der Waals surface area contributed by atoms with E-state index in [0.29, 0.717) is 17.9 Å². The molecular formula is C20H19NO2S. The van der Waals surface area contributed by atoms with Crippen molar-refractivity contribution in [1.82, 2.24) is 4.90 Å². The maximum atomic E-state index is 13.0. The van der Waals surface area contributed by atoms with Gasteiger partial charge in [0, 0.05) is 41.6 Å². The fourth-order valence-corrected chi connectivity index (χ4v) is 4.71. The number of carbonyl (C=O) groups excluding carboxylic acids is 2.